The Balaban J connectivity index is 1.48. The summed E-state index contributed by atoms with van der Waals surface area (Å²) >= 11 is 0. The fraction of sp³-hybridized carbons (Fsp3) is 0.250. The molecule has 0 saturated carbocycles. The molecule has 0 unspecified atom stereocenters. The van der Waals surface area contributed by atoms with Crippen LogP contribution in [0, 0.1) is 0 Å². The molecule has 0 aliphatic heterocycles. The van der Waals surface area contributed by atoms with E-state index in [1.54, 1.807) is 12.5 Å². The summed E-state index contributed by atoms with van der Waals surface area (Å²) in [6.45, 7) is 0.718. The van der Waals surface area contributed by atoms with Crippen molar-refractivity contribution < 1.29 is 0 Å². The van der Waals surface area contributed by atoms with Crippen molar-refractivity contribution in [2.75, 3.05) is 11.9 Å². The second-order valence-corrected chi connectivity index (χ2v) is 5.51. The molecule has 0 bridgehead atoms. The number of para-hydroxylation sites is 2. The van der Waals surface area contributed by atoms with Gasteiger partial charge in [0.25, 0.3) is 0 Å². The topological polar surface area (TPSA) is 73.5 Å². The molecule has 23 heavy (non-hydrogen) atoms. The molecule has 1 N–H and O–H groups in total. The minimum atomic E-state index is 0.593. The monoisotopic (exact) mass is 307 g/mol. The number of anilines is 1. The molecule has 0 fully saturated rings. The Morgan fingerprint density at radius 3 is 2.78 bits per heavy atom. The van der Waals surface area contributed by atoms with Crippen LogP contribution in [0.1, 0.15) is 5.82 Å². The fourth-order valence-electron chi connectivity index (χ4n) is 2.70. The molecule has 0 radical (unpaired) electrons. The molecule has 0 aliphatic rings. The summed E-state index contributed by atoms with van der Waals surface area (Å²) in [5, 5.41) is 3.24. The summed E-state index contributed by atoms with van der Waals surface area (Å²) in [6.07, 6.45) is 4.32. The zero-order valence-electron chi connectivity index (χ0n) is 13.1. The van der Waals surface area contributed by atoms with E-state index >= 15 is 0 Å². The zero-order chi connectivity index (χ0) is 15.8. The van der Waals surface area contributed by atoms with E-state index in [9.17, 15) is 0 Å². The van der Waals surface area contributed by atoms with Crippen LogP contribution in [0.15, 0.2) is 36.8 Å². The molecule has 4 aromatic rings. The summed E-state index contributed by atoms with van der Waals surface area (Å²) in [4.78, 5) is 17.6. The van der Waals surface area contributed by atoms with Gasteiger partial charge in [0.2, 0.25) is 5.95 Å². The lowest BCUT2D eigenvalue weighted by Gasteiger charge is -2.05. The van der Waals surface area contributed by atoms with Crippen molar-refractivity contribution in [3.63, 3.8) is 0 Å². The molecule has 3 heterocycles. The number of rotatable bonds is 4. The lowest BCUT2D eigenvalue weighted by atomic mass is 10.3. The van der Waals surface area contributed by atoms with Crippen LogP contribution >= 0.6 is 0 Å². The fourth-order valence-corrected chi connectivity index (χ4v) is 2.70. The van der Waals surface area contributed by atoms with Crippen molar-refractivity contribution >= 4 is 28.1 Å². The number of aromatic nitrogens is 6. The van der Waals surface area contributed by atoms with Gasteiger partial charge >= 0.3 is 0 Å². The first-order valence-corrected chi connectivity index (χ1v) is 7.50. The quantitative estimate of drug-likeness (QED) is 0.623. The molecular weight excluding hydrogens is 290 g/mol. The Morgan fingerprint density at radius 1 is 1.04 bits per heavy atom. The van der Waals surface area contributed by atoms with E-state index in [-0.39, 0.29) is 0 Å². The van der Waals surface area contributed by atoms with Gasteiger partial charge in [0.15, 0.2) is 5.65 Å². The van der Waals surface area contributed by atoms with Gasteiger partial charge in [0.05, 0.1) is 23.6 Å². The van der Waals surface area contributed by atoms with E-state index in [4.69, 9.17) is 0 Å². The molecule has 0 saturated heterocycles. The van der Waals surface area contributed by atoms with Crippen molar-refractivity contribution in [1.82, 2.24) is 29.1 Å². The third-order valence-corrected chi connectivity index (χ3v) is 3.99. The van der Waals surface area contributed by atoms with Gasteiger partial charge in [-0.15, -0.1) is 0 Å². The van der Waals surface area contributed by atoms with Crippen molar-refractivity contribution in [3.8, 4) is 0 Å². The Bertz CT molecular complexity index is 983. The van der Waals surface area contributed by atoms with E-state index in [0.29, 0.717) is 11.6 Å². The second kappa shape index (κ2) is 5.35. The van der Waals surface area contributed by atoms with Crippen LogP contribution in [-0.4, -0.2) is 35.6 Å². The van der Waals surface area contributed by atoms with Gasteiger partial charge in [0, 0.05) is 27.1 Å². The molecular formula is C16H17N7. The van der Waals surface area contributed by atoms with Gasteiger partial charge in [-0.3, -0.25) is 0 Å². The van der Waals surface area contributed by atoms with Crippen LogP contribution in [-0.2, 0) is 20.5 Å². The molecule has 116 valence electrons. The van der Waals surface area contributed by atoms with Crippen LogP contribution in [0.3, 0.4) is 0 Å². The lowest BCUT2D eigenvalue weighted by Crippen LogP contribution is -2.10. The summed E-state index contributed by atoms with van der Waals surface area (Å²) in [6, 6.07) is 8.15. The molecule has 4 rings (SSSR count). The van der Waals surface area contributed by atoms with Crippen molar-refractivity contribution in [3.05, 3.63) is 42.6 Å². The molecule has 3 aromatic heterocycles. The number of nitrogens with zero attached hydrogens (tertiary/aromatic N) is 6. The number of hydrogen-bond acceptors (Lipinski definition) is 5. The maximum atomic E-state index is 4.66. The molecule has 7 nitrogen and oxygen atoms in total. The molecule has 0 amide bonds. The van der Waals surface area contributed by atoms with Crippen molar-refractivity contribution in [2.45, 2.75) is 6.42 Å². The predicted octanol–water partition coefficient (Wildman–Crippen LogP) is 1.90. The van der Waals surface area contributed by atoms with Crippen molar-refractivity contribution in [2.24, 2.45) is 14.1 Å². The van der Waals surface area contributed by atoms with E-state index in [1.165, 1.54) is 0 Å². The molecule has 0 atom stereocenters. The summed E-state index contributed by atoms with van der Waals surface area (Å²) in [5.41, 5.74) is 3.79. The standard InChI is InChI=1S/C16H17N7/c1-22-10-19-15-13(22)9-18-16(21-15)17-8-7-14-20-11-5-3-4-6-12(11)23(14)2/h3-6,9-10H,7-8H2,1-2H3,(H,17,18,21). The van der Waals surface area contributed by atoms with Gasteiger partial charge in [-0.2, -0.15) is 4.98 Å². The third kappa shape index (κ3) is 2.40. The van der Waals surface area contributed by atoms with E-state index in [2.05, 4.69) is 35.9 Å². The highest BCUT2D eigenvalue weighted by molar-refractivity contribution is 5.75. The van der Waals surface area contributed by atoms with Gasteiger partial charge < -0.3 is 14.5 Å². The summed E-state index contributed by atoms with van der Waals surface area (Å²) in [7, 11) is 3.97. The number of aryl methyl sites for hydroxylation is 2. The van der Waals surface area contributed by atoms with E-state index < -0.39 is 0 Å². The lowest BCUT2D eigenvalue weighted by molar-refractivity contribution is 0.804. The normalized spacial score (nSPS) is 11.4. The van der Waals surface area contributed by atoms with Crippen LogP contribution in [0.4, 0.5) is 5.95 Å². The number of benzene rings is 1. The highest BCUT2D eigenvalue weighted by Gasteiger charge is 2.08. The summed E-state index contributed by atoms with van der Waals surface area (Å²) in [5.74, 6) is 1.63. The first-order valence-electron chi connectivity index (χ1n) is 7.50. The minimum Gasteiger partial charge on any atom is -0.354 e. The number of fused-ring (bicyclic) bond motifs is 2. The third-order valence-electron chi connectivity index (χ3n) is 3.99. The smallest absolute Gasteiger partial charge is 0.224 e. The van der Waals surface area contributed by atoms with Crippen LogP contribution < -0.4 is 5.32 Å². The Morgan fingerprint density at radius 2 is 1.91 bits per heavy atom. The Kier molecular flexibility index (Phi) is 3.18. The predicted molar refractivity (Wildman–Crippen MR) is 89.2 cm³/mol. The first kappa shape index (κ1) is 13.7. The Hall–Kier alpha value is -2.96. The molecule has 0 aliphatic carbocycles. The minimum absolute atomic E-state index is 0.593. The average molecular weight is 307 g/mol. The van der Waals surface area contributed by atoms with Crippen LogP contribution in [0.25, 0.3) is 22.2 Å². The highest BCUT2D eigenvalue weighted by atomic mass is 15.2. The Labute approximate surface area is 133 Å². The molecule has 7 heteroatoms. The largest absolute Gasteiger partial charge is 0.354 e. The number of nitrogens with one attached hydrogen (secondary N) is 1. The van der Waals surface area contributed by atoms with Crippen LogP contribution in [0.2, 0.25) is 0 Å². The molecule has 1 aromatic carbocycles. The maximum Gasteiger partial charge on any atom is 0.224 e. The SMILES string of the molecule is Cn1cnc2nc(NCCc3nc4ccccc4n3C)ncc21. The van der Waals surface area contributed by atoms with Gasteiger partial charge in [-0.25, -0.2) is 15.0 Å². The second-order valence-electron chi connectivity index (χ2n) is 5.51. The van der Waals surface area contributed by atoms with Crippen LogP contribution in [0.5, 0.6) is 0 Å². The first-order chi connectivity index (χ1) is 11.2. The average Bonchev–Trinajstić information content (AvgIpc) is 3.09. The number of hydrogen-bond donors (Lipinski definition) is 1. The summed E-state index contributed by atoms with van der Waals surface area (Å²) < 4.78 is 4.03. The number of imidazole rings is 2. The van der Waals surface area contributed by atoms with Gasteiger partial charge in [-0.05, 0) is 12.1 Å². The van der Waals surface area contributed by atoms with Gasteiger partial charge in [0.1, 0.15) is 11.3 Å². The van der Waals surface area contributed by atoms with E-state index in [0.717, 1.165) is 35.3 Å². The van der Waals surface area contributed by atoms with Crippen molar-refractivity contribution in [1.29, 1.82) is 0 Å². The van der Waals surface area contributed by atoms with E-state index in [1.807, 2.05) is 36.9 Å². The van der Waals surface area contributed by atoms with Gasteiger partial charge in [-0.1, -0.05) is 12.1 Å². The zero-order valence-corrected chi connectivity index (χ0v) is 13.1. The maximum absolute atomic E-state index is 4.66. The highest BCUT2D eigenvalue weighted by Crippen LogP contribution is 2.15. The molecule has 0 spiro atoms.